The van der Waals surface area contributed by atoms with Gasteiger partial charge >= 0.3 is 6.03 Å². The number of carbonyl (C=O) groups excluding carboxylic acids is 3. The molecule has 0 aromatic rings. The monoisotopic (exact) mass is 387 g/mol. The summed E-state index contributed by atoms with van der Waals surface area (Å²) in [6.07, 6.45) is 0.941. The first-order chi connectivity index (χ1) is 12.6. The number of carbonyl (C=O) groups is 3. The van der Waals surface area contributed by atoms with Gasteiger partial charge in [-0.2, -0.15) is 0 Å². The summed E-state index contributed by atoms with van der Waals surface area (Å²) >= 11 is 0. The van der Waals surface area contributed by atoms with Gasteiger partial charge in [0.1, 0.15) is 6.67 Å². The Bertz CT molecular complexity index is 635. The van der Waals surface area contributed by atoms with Gasteiger partial charge in [0.2, 0.25) is 11.9 Å². The summed E-state index contributed by atoms with van der Waals surface area (Å²) in [6, 6.07) is -1.44. The number of nitrogens with zero attached hydrogens (tertiary/aromatic N) is 3. The standard InChI is InChI=1S/C14H26FN9O3/c1-24(9(25)5-8(16)3-2-4-20-11(17)18)14(6-15)7-21-13(22-10(14)26)23-12(19)27/h8H,2-7,16H2,1H3,(H4,17,18,20)(H4,19,21,22,23,26,27)/t8-,14-/m1/s1. The Morgan fingerprint density at radius 1 is 1.44 bits per heavy atom. The molecule has 12 nitrogen and oxygen atoms in total. The highest BCUT2D eigenvalue weighted by atomic mass is 19.1. The molecule has 27 heavy (non-hydrogen) atoms. The van der Waals surface area contributed by atoms with Crippen molar-refractivity contribution in [3.8, 4) is 0 Å². The second-order valence-electron chi connectivity index (χ2n) is 6.14. The number of nitrogens with two attached hydrogens (primary N) is 4. The lowest BCUT2D eigenvalue weighted by Crippen LogP contribution is -2.68. The topological polar surface area (TPSA) is 207 Å². The highest BCUT2D eigenvalue weighted by molar-refractivity contribution is 6.09. The number of alkyl halides is 1. The largest absolute Gasteiger partial charge is 0.370 e. The van der Waals surface area contributed by atoms with Gasteiger partial charge in [0.25, 0.3) is 5.91 Å². The highest BCUT2D eigenvalue weighted by Gasteiger charge is 2.47. The molecular formula is C14H26FN9O3. The smallest absolute Gasteiger partial charge is 0.318 e. The van der Waals surface area contributed by atoms with Crippen LogP contribution in [0.4, 0.5) is 9.18 Å². The zero-order valence-electron chi connectivity index (χ0n) is 15.1. The molecule has 0 aliphatic carbocycles. The minimum absolute atomic E-state index is 0.0293. The molecule has 1 heterocycles. The van der Waals surface area contributed by atoms with E-state index in [1.807, 2.05) is 0 Å². The van der Waals surface area contributed by atoms with Gasteiger partial charge in [-0.3, -0.25) is 25.2 Å². The van der Waals surface area contributed by atoms with E-state index in [1.165, 1.54) is 7.05 Å². The van der Waals surface area contributed by atoms with Crippen LogP contribution in [0.15, 0.2) is 9.98 Å². The lowest BCUT2D eigenvalue weighted by molar-refractivity contribution is -0.146. The average molecular weight is 387 g/mol. The number of halogens is 1. The Labute approximate surface area is 155 Å². The van der Waals surface area contributed by atoms with Crippen LogP contribution in [-0.2, 0) is 9.59 Å². The number of primary amides is 1. The summed E-state index contributed by atoms with van der Waals surface area (Å²) in [5.74, 6) is -1.56. The number of rotatable bonds is 8. The third-order valence-electron chi connectivity index (χ3n) is 4.10. The second kappa shape index (κ2) is 9.66. The van der Waals surface area contributed by atoms with E-state index in [0.29, 0.717) is 19.4 Å². The van der Waals surface area contributed by atoms with Crippen molar-refractivity contribution in [2.45, 2.75) is 30.8 Å². The second-order valence-corrected chi connectivity index (χ2v) is 6.14. The van der Waals surface area contributed by atoms with Crippen LogP contribution in [0.3, 0.4) is 0 Å². The van der Waals surface area contributed by atoms with Gasteiger partial charge in [0, 0.05) is 26.1 Å². The van der Waals surface area contributed by atoms with Crippen LogP contribution in [-0.4, -0.2) is 73.1 Å². The molecule has 0 saturated heterocycles. The Balaban J connectivity index is 2.71. The van der Waals surface area contributed by atoms with Gasteiger partial charge in [0.05, 0.1) is 6.54 Å². The summed E-state index contributed by atoms with van der Waals surface area (Å²) in [5.41, 5.74) is 19.5. The zero-order chi connectivity index (χ0) is 20.6. The molecule has 0 spiro atoms. The van der Waals surface area contributed by atoms with Gasteiger partial charge in [-0.05, 0) is 12.8 Å². The van der Waals surface area contributed by atoms with Gasteiger partial charge in [0.15, 0.2) is 11.5 Å². The van der Waals surface area contributed by atoms with Crippen molar-refractivity contribution in [1.82, 2.24) is 15.5 Å². The molecule has 1 aliphatic rings. The van der Waals surface area contributed by atoms with Crippen molar-refractivity contribution in [3.63, 3.8) is 0 Å². The number of guanidine groups is 2. The minimum atomic E-state index is -1.82. The predicted octanol–water partition coefficient (Wildman–Crippen LogP) is -2.92. The maximum atomic E-state index is 13.7. The van der Waals surface area contributed by atoms with Crippen LogP contribution in [0, 0.1) is 0 Å². The van der Waals surface area contributed by atoms with Crippen LogP contribution < -0.4 is 33.6 Å². The molecule has 1 rings (SSSR count). The van der Waals surface area contributed by atoms with Gasteiger partial charge in [-0.25, -0.2) is 14.2 Å². The van der Waals surface area contributed by atoms with Crippen LogP contribution >= 0.6 is 0 Å². The quantitative estimate of drug-likeness (QED) is 0.146. The summed E-state index contributed by atoms with van der Waals surface area (Å²) in [7, 11) is 1.30. The van der Waals surface area contributed by atoms with Crippen LogP contribution in [0.25, 0.3) is 0 Å². The fourth-order valence-corrected chi connectivity index (χ4v) is 2.45. The lowest BCUT2D eigenvalue weighted by Gasteiger charge is -2.39. The molecule has 4 amide bonds. The maximum absolute atomic E-state index is 13.7. The van der Waals surface area contributed by atoms with Crippen LogP contribution in [0.5, 0.6) is 0 Å². The van der Waals surface area contributed by atoms with E-state index >= 15 is 0 Å². The fraction of sp³-hybridized carbons (Fsp3) is 0.643. The summed E-state index contributed by atoms with van der Waals surface area (Å²) < 4.78 is 13.7. The van der Waals surface area contributed by atoms with E-state index in [2.05, 4.69) is 20.6 Å². The lowest BCUT2D eigenvalue weighted by atomic mass is 9.95. The SMILES string of the molecule is CN(C(=O)C[C@H](N)CCCN=C(N)N)[C@]1(CF)CN=C(NC(N)=O)NC1=O. The van der Waals surface area contributed by atoms with Crippen molar-refractivity contribution in [1.29, 1.82) is 0 Å². The Morgan fingerprint density at radius 3 is 2.63 bits per heavy atom. The van der Waals surface area contributed by atoms with E-state index in [9.17, 15) is 18.8 Å². The van der Waals surface area contributed by atoms with Gasteiger partial charge in [-0.15, -0.1) is 0 Å². The molecule has 13 heteroatoms. The Morgan fingerprint density at radius 2 is 2.11 bits per heavy atom. The van der Waals surface area contributed by atoms with E-state index in [1.54, 1.807) is 0 Å². The minimum Gasteiger partial charge on any atom is -0.370 e. The fourth-order valence-electron chi connectivity index (χ4n) is 2.45. The molecule has 1 aliphatic heterocycles. The summed E-state index contributed by atoms with van der Waals surface area (Å²) in [4.78, 5) is 44.3. The Kier molecular flexibility index (Phi) is 7.90. The third-order valence-corrected chi connectivity index (χ3v) is 4.10. The number of amides is 4. The van der Waals surface area contributed by atoms with E-state index < -0.39 is 36.1 Å². The van der Waals surface area contributed by atoms with Crippen molar-refractivity contribution in [2.24, 2.45) is 32.9 Å². The number of hydrogen-bond acceptors (Lipinski definition) is 6. The first-order valence-corrected chi connectivity index (χ1v) is 8.18. The Hall–Kier alpha value is -2.96. The molecule has 152 valence electrons. The average Bonchev–Trinajstić information content (AvgIpc) is 2.58. The van der Waals surface area contributed by atoms with E-state index in [4.69, 9.17) is 22.9 Å². The molecule has 2 atom stereocenters. The van der Waals surface area contributed by atoms with Crippen molar-refractivity contribution < 1.29 is 18.8 Å². The number of likely N-dealkylation sites (N-methyl/N-ethyl adjacent to an activating group) is 1. The summed E-state index contributed by atoms with van der Waals surface area (Å²) in [5, 5.41) is 4.32. The van der Waals surface area contributed by atoms with Crippen LogP contribution in [0.2, 0.25) is 0 Å². The predicted molar refractivity (Wildman–Crippen MR) is 97.1 cm³/mol. The van der Waals surface area contributed by atoms with E-state index in [0.717, 1.165) is 4.90 Å². The molecule has 0 aromatic carbocycles. The maximum Gasteiger partial charge on any atom is 0.318 e. The first kappa shape index (κ1) is 22.1. The van der Waals surface area contributed by atoms with Crippen molar-refractivity contribution in [3.05, 3.63) is 0 Å². The first-order valence-electron chi connectivity index (χ1n) is 8.18. The molecule has 0 aromatic heterocycles. The number of nitrogens with one attached hydrogen (secondary N) is 2. The molecule has 0 saturated carbocycles. The van der Waals surface area contributed by atoms with Crippen molar-refractivity contribution >= 4 is 29.8 Å². The van der Waals surface area contributed by atoms with Gasteiger partial charge < -0.3 is 27.8 Å². The normalized spacial score (nSPS) is 20.1. The number of urea groups is 1. The third kappa shape index (κ3) is 6.06. The molecule has 0 unspecified atom stereocenters. The highest BCUT2D eigenvalue weighted by Crippen LogP contribution is 2.20. The van der Waals surface area contributed by atoms with Crippen molar-refractivity contribution in [2.75, 3.05) is 26.8 Å². The molecule has 0 radical (unpaired) electrons. The van der Waals surface area contributed by atoms with E-state index in [-0.39, 0.29) is 24.9 Å². The van der Waals surface area contributed by atoms with Crippen LogP contribution in [0.1, 0.15) is 19.3 Å². The van der Waals surface area contributed by atoms with Gasteiger partial charge in [-0.1, -0.05) is 0 Å². The molecular weight excluding hydrogens is 361 g/mol. The number of hydrogen-bond donors (Lipinski definition) is 6. The summed E-state index contributed by atoms with van der Waals surface area (Å²) in [6.45, 7) is -1.15. The zero-order valence-corrected chi connectivity index (χ0v) is 15.1. The number of aliphatic imine (C=N–C) groups is 2. The molecule has 10 N–H and O–H groups in total. The molecule has 0 fully saturated rings. The molecule has 0 bridgehead atoms.